The van der Waals surface area contributed by atoms with E-state index in [0.717, 1.165) is 32.1 Å². The molecule has 1 saturated heterocycles. The molecule has 2 aromatic rings. The number of carbonyl (C=O) groups excluding carboxylic acids is 1. The summed E-state index contributed by atoms with van der Waals surface area (Å²) in [7, 11) is -2.28. The van der Waals surface area contributed by atoms with Crippen LogP contribution >= 0.6 is 0 Å². The van der Waals surface area contributed by atoms with Gasteiger partial charge in [-0.25, -0.2) is 13.1 Å². The second kappa shape index (κ2) is 8.78. The molecule has 0 unspecified atom stereocenters. The molecule has 7 heteroatoms. The van der Waals surface area contributed by atoms with Crippen LogP contribution in [0.5, 0.6) is 5.75 Å². The van der Waals surface area contributed by atoms with E-state index < -0.39 is 10.0 Å². The highest BCUT2D eigenvalue weighted by Gasteiger charge is 2.31. The van der Waals surface area contributed by atoms with E-state index >= 15 is 0 Å². The Kier molecular flexibility index (Phi) is 6.11. The van der Waals surface area contributed by atoms with Crippen LogP contribution in [-0.2, 0) is 16.4 Å². The van der Waals surface area contributed by atoms with Crippen LogP contribution in [0.4, 0.5) is 0 Å². The molecule has 0 spiro atoms. The van der Waals surface area contributed by atoms with E-state index in [4.69, 9.17) is 4.74 Å². The van der Waals surface area contributed by atoms with Gasteiger partial charge in [-0.2, -0.15) is 0 Å². The maximum Gasteiger partial charge on any atom is 0.253 e. The van der Waals surface area contributed by atoms with Crippen LogP contribution in [0.1, 0.15) is 41.6 Å². The minimum atomic E-state index is -3.72. The second-order valence-electron chi connectivity index (χ2n) is 8.19. The average Bonchev–Trinajstić information content (AvgIpc) is 3.57. The third-order valence-corrected chi connectivity index (χ3v) is 7.41. The molecule has 30 heavy (non-hydrogen) atoms. The van der Waals surface area contributed by atoms with Crippen molar-refractivity contribution in [1.29, 1.82) is 0 Å². The summed E-state index contributed by atoms with van der Waals surface area (Å²) in [4.78, 5) is 14.9. The van der Waals surface area contributed by atoms with E-state index in [9.17, 15) is 13.2 Å². The Labute approximate surface area is 178 Å². The number of ether oxygens (including phenoxy) is 1. The van der Waals surface area contributed by atoms with Crippen LogP contribution in [-0.4, -0.2) is 45.5 Å². The molecule has 4 rings (SSSR count). The van der Waals surface area contributed by atoms with Gasteiger partial charge < -0.3 is 9.64 Å². The standard InChI is InChI=1S/C23H28N2O4S/c1-29-21-10-7-19(16-22(21)30(27,28)24-20-8-9-20)23(26)25-13-11-18(12-14-25)15-17-5-3-2-4-6-17/h2-7,10,16,18,20,24H,8-9,11-15H2,1H3. The molecular weight excluding hydrogens is 400 g/mol. The van der Waals surface area contributed by atoms with Crippen LogP contribution in [0.25, 0.3) is 0 Å². The lowest BCUT2D eigenvalue weighted by Crippen LogP contribution is -2.39. The van der Waals surface area contributed by atoms with Gasteiger partial charge in [0.2, 0.25) is 10.0 Å². The lowest BCUT2D eigenvalue weighted by molar-refractivity contribution is 0.0690. The van der Waals surface area contributed by atoms with Crippen LogP contribution in [0, 0.1) is 5.92 Å². The molecule has 2 fully saturated rings. The van der Waals surface area contributed by atoms with Gasteiger partial charge in [-0.15, -0.1) is 0 Å². The van der Waals surface area contributed by atoms with E-state index in [1.54, 1.807) is 12.1 Å². The van der Waals surface area contributed by atoms with E-state index in [2.05, 4.69) is 29.0 Å². The highest BCUT2D eigenvalue weighted by molar-refractivity contribution is 7.89. The van der Waals surface area contributed by atoms with E-state index in [0.29, 0.717) is 24.6 Å². The fourth-order valence-corrected chi connectivity index (χ4v) is 5.47. The molecule has 2 aliphatic rings. The minimum absolute atomic E-state index is 0.0114. The number of nitrogens with one attached hydrogen (secondary N) is 1. The summed E-state index contributed by atoms with van der Waals surface area (Å²) in [5, 5.41) is 0. The molecule has 0 bridgehead atoms. The molecule has 0 atom stereocenters. The Morgan fingerprint density at radius 3 is 2.40 bits per heavy atom. The van der Waals surface area contributed by atoms with E-state index in [1.807, 2.05) is 11.0 Å². The summed E-state index contributed by atoms with van der Waals surface area (Å²) in [5.41, 5.74) is 1.71. The number of carbonyl (C=O) groups is 1. The Hall–Kier alpha value is -2.38. The van der Waals surface area contributed by atoms with Gasteiger partial charge in [-0.05, 0) is 61.8 Å². The number of hydrogen-bond donors (Lipinski definition) is 1. The van der Waals surface area contributed by atoms with Gasteiger partial charge in [0.15, 0.2) is 0 Å². The quantitative estimate of drug-likeness (QED) is 0.735. The van der Waals surface area contributed by atoms with Crippen LogP contribution in [0.15, 0.2) is 53.4 Å². The van der Waals surface area contributed by atoms with E-state index in [-0.39, 0.29) is 22.6 Å². The average molecular weight is 429 g/mol. The molecule has 1 heterocycles. The Bertz CT molecular complexity index is 995. The smallest absolute Gasteiger partial charge is 0.253 e. The molecule has 0 radical (unpaired) electrons. The maximum atomic E-state index is 13.0. The number of benzene rings is 2. The lowest BCUT2D eigenvalue weighted by Gasteiger charge is -2.32. The first-order valence-electron chi connectivity index (χ1n) is 10.5. The van der Waals surface area contributed by atoms with Crippen molar-refractivity contribution in [3.8, 4) is 5.75 Å². The number of piperidine rings is 1. The molecule has 0 aromatic heterocycles. The predicted octanol–water partition coefficient (Wildman–Crippen LogP) is 3.23. The highest BCUT2D eigenvalue weighted by Crippen LogP contribution is 2.29. The van der Waals surface area contributed by atoms with E-state index in [1.165, 1.54) is 18.7 Å². The van der Waals surface area contributed by atoms with Crippen molar-refractivity contribution in [2.24, 2.45) is 5.92 Å². The van der Waals surface area contributed by atoms with Gasteiger partial charge in [0, 0.05) is 24.7 Å². The summed E-state index contributed by atoms with van der Waals surface area (Å²) in [6.45, 7) is 1.37. The molecule has 1 N–H and O–H groups in total. The van der Waals surface area contributed by atoms with Gasteiger partial charge in [-0.3, -0.25) is 4.79 Å². The first-order chi connectivity index (χ1) is 14.5. The normalized spacial score (nSPS) is 17.7. The Morgan fingerprint density at radius 1 is 1.07 bits per heavy atom. The zero-order valence-corrected chi connectivity index (χ0v) is 18.0. The summed E-state index contributed by atoms with van der Waals surface area (Å²) < 4.78 is 33.3. The lowest BCUT2D eigenvalue weighted by atomic mass is 9.90. The largest absolute Gasteiger partial charge is 0.495 e. The molecule has 1 saturated carbocycles. The second-order valence-corrected chi connectivity index (χ2v) is 9.87. The zero-order valence-electron chi connectivity index (χ0n) is 17.2. The first-order valence-corrected chi connectivity index (χ1v) is 12.0. The summed E-state index contributed by atoms with van der Waals surface area (Å²) >= 11 is 0. The third-order valence-electron chi connectivity index (χ3n) is 5.87. The van der Waals surface area contributed by atoms with Crippen molar-refractivity contribution in [2.75, 3.05) is 20.2 Å². The van der Waals surface area contributed by atoms with Gasteiger partial charge in [0.05, 0.1) is 7.11 Å². The topological polar surface area (TPSA) is 75.7 Å². The summed E-state index contributed by atoms with van der Waals surface area (Å²) in [6.07, 6.45) is 4.62. The van der Waals surface area contributed by atoms with Crippen molar-refractivity contribution in [2.45, 2.75) is 43.0 Å². The van der Waals surface area contributed by atoms with Crippen molar-refractivity contribution in [1.82, 2.24) is 9.62 Å². The number of methoxy groups -OCH3 is 1. The number of likely N-dealkylation sites (tertiary alicyclic amines) is 1. The van der Waals surface area contributed by atoms with Crippen LogP contribution in [0.2, 0.25) is 0 Å². The van der Waals surface area contributed by atoms with Gasteiger partial charge in [0.1, 0.15) is 10.6 Å². The van der Waals surface area contributed by atoms with Crippen molar-refractivity contribution >= 4 is 15.9 Å². The molecular formula is C23H28N2O4S. The minimum Gasteiger partial charge on any atom is -0.495 e. The van der Waals surface area contributed by atoms with Gasteiger partial charge in [-0.1, -0.05) is 30.3 Å². The maximum absolute atomic E-state index is 13.0. The van der Waals surface area contributed by atoms with Gasteiger partial charge >= 0.3 is 0 Å². The van der Waals surface area contributed by atoms with Crippen molar-refractivity contribution in [3.05, 3.63) is 59.7 Å². The first kappa shape index (κ1) is 20.9. The predicted molar refractivity (Wildman–Crippen MR) is 115 cm³/mol. The fourth-order valence-electron chi connectivity index (χ4n) is 3.97. The van der Waals surface area contributed by atoms with Crippen molar-refractivity contribution < 1.29 is 17.9 Å². The molecule has 1 aliphatic heterocycles. The van der Waals surface area contributed by atoms with Crippen LogP contribution < -0.4 is 9.46 Å². The molecule has 1 aliphatic carbocycles. The zero-order chi connectivity index (χ0) is 21.1. The summed E-state index contributed by atoms with van der Waals surface area (Å²) in [5.74, 6) is 0.686. The highest BCUT2D eigenvalue weighted by atomic mass is 32.2. The van der Waals surface area contributed by atoms with Crippen molar-refractivity contribution in [3.63, 3.8) is 0 Å². The Morgan fingerprint density at radius 2 is 1.77 bits per heavy atom. The Balaban J connectivity index is 1.44. The SMILES string of the molecule is COc1ccc(C(=O)N2CCC(Cc3ccccc3)CC2)cc1S(=O)(=O)NC1CC1. The molecule has 6 nitrogen and oxygen atoms in total. The molecule has 1 amide bonds. The number of hydrogen-bond acceptors (Lipinski definition) is 4. The van der Waals surface area contributed by atoms with Gasteiger partial charge in [0.25, 0.3) is 5.91 Å². The molecule has 2 aromatic carbocycles. The summed E-state index contributed by atoms with van der Waals surface area (Å²) in [6, 6.07) is 15.1. The number of amides is 1. The van der Waals surface area contributed by atoms with Crippen LogP contribution in [0.3, 0.4) is 0 Å². The fraction of sp³-hybridized carbons (Fsp3) is 0.435. The number of rotatable bonds is 7. The molecule has 160 valence electrons. The monoisotopic (exact) mass is 428 g/mol. The number of sulfonamides is 1. The number of nitrogens with zero attached hydrogens (tertiary/aromatic N) is 1. The third kappa shape index (κ3) is 4.84.